The highest BCUT2D eigenvalue weighted by Gasteiger charge is 2.08. The Hall–Kier alpha value is -0.750. The maximum atomic E-state index is 6.22. The number of halogens is 4. The van der Waals surface area contributed by atoms with Crippen LogP contribution in [0.5, 0.6) is 5.75 Å². The Morgan fingerprint density at radius 3 is 2.58 bits per heavy atom. The van der Waals surface area contributed by atoms with Crippen LogP contribution in [-0.2, 0) is 19.7 Å². The second kappa shape index (κ2) is 10.5. The van der Waals surface area contributed by atoms with Crippen LogP contribution in [0.2, 0.25) is 10.0 Å². The fraction of sp³-hybridized carbons (Fsp3) is 0.158. The third-order valence-corrected chi connectivity index (χ3v) is 5.57. The molecule has 0 saturated heterocycles. The smallest absolute Gasteiger partial charge is 0.124 e. The molecule has 1 heterocycles. The van der Waals surface area contributed by atoms with Gasteiger partial charge in [-0.15, -0.1) is 23.7 Å². The van der Waals surface area contributed by atoms with Crippen molar-refractivity contribution in [2.75, 3.05) is 0 Å². The van der Waals surface area contributed by atoms with Gasteiger partial charge in [0.15, 0.2) is 0 Å². The molecule has 2 aromatic carbocycles. The second-order valence-electron chi connectivity index (χ2n) is 5.46. The summed E-state index contributed by atoms with van der Waals surface area (Å²) in [6, 6.07) is 15.6. The van der Waals surface area contributed by atoms with Gasteiger partial charge in [0.2, 0.25) is 0 Å². The van der Waals surface area contributed by atoms with Crippen molar-refractivity contribution in [3.05, 3.63) is 84.4 Å². The van der Waals surface area contributed by atoms with Crippen LogP contribution in [0.15, 0.2) is 58.4 Å². The molecule has 0 spiro atoms. The molecule has 138 valence electrons. The van der Waals surface area contributed by atoms with E-state index in [2.05, 4.69) is 44.8 Å². The molecule has 7 heteroatoms. The zero-order valence-corrected chi connectivity index (χ0v) is 18.4. The van der Waals surface area contributed by atoms with Gasteiger partial charge in [-0.3, -0.25) is 0 Å². The molecule has 0 radical (unpaired) electrons. The molecule has 3 aromatic rings. The number of rotatable bonds is 7. The molecule has 3 rings (SSSR count). The molecule has 0 amide bonds. The molecule has 0 aliphatic carbocycles. The number of benzene rings is 2. The minimum absolute atomic E-state index is 0. The van der Waals surface area contributed by atoms with E-state index in [4.69, 9.17) is 27.9 Å². The Labute approximate surface area is 182 Å². The lowest BCUT2D eigenvalue weighted by atomic mass is 10.2. The zero-order valence-electron chi connectivity index (χ0n) is 13.7. The maximum absolute atomic E-state index is 6.22. The summed E-state index contributed by atoms with van der Waals surface area (Å²) in [7, 11) is 0. The number of hydrogen-bond donors (Lipinski definition) is 1. The number of nitrogens with one attached hydrogen (secondary N) is 1. The van der Waals surface area contributed by atoms with Crippen LogP contribution >= 0.6 is 62.9 Å². The van der Waals surface area contributed by atoms with Gasteiger partial charge in [-0.2, -0.15) is 0 Å². The van der Waals surface area contributed by atoms with Crippen molar-refractivity contribution < 1.29 is 4.74 Å². The molecule has 0 bridgehead atoms. The van der Waals surface area contributed by atoms with Crippen LogP contribution < -0.4 is 10.1 Å². The average Bonchev–Trinajstić information content (AvgIpc) is 3.09. The van der Waals surface area contributed by atoms with E-state index in [1.165, 1.54) is 4.88 Å². The van der Waals surface area contributed by atoms with E-state index in [0.717, 1.165) is 34.4 Å². The van der Waals surface area contributed by atoms with Crippen molar-refractivity contribution in [3.8, 4) is 5.75 Å². The van der Waals surface area contributed by atoms with Crippen LogP contribution in [0.25, 0.3) is 0 Å². The molecule has 26 heavy (non-hydrogen) atoms. The van der Waals surface area contributed by atoms with E-state index in [0.29, 0.717) is 16.7 Å². The molecule has 0 fully saturated rings. The highest BCUT2D eigenvalue weighted by atomic mass is 79.9. The molecule has 0 unspecified atom stereocenters. The van der Waals surface area contributed by atoms with Gasteiger partial charge < -0.3 is 10.1 Å². The van der Waals surface area contributed by atoms with Crippen molar-refractivity contribution in [2.45, 2.75) is 19.7 Å². The second-order valence-corrected chi connectivity index (χ2v) is 8.25. The van der Waals surface area contributed by atoms with Gasteiger partial charge in [-0.1, -0.05) is 51.3 Å². The first-order valence-corrected chi connectivity index (χ1v) is 10.1. The first kappa shape index (κ1) is 21.5. The van der Waals surface area contributed by atoms with E-state index < -0.39 is 0 Å². The topological polar surface area (TPSA) is 21.3 Å². The lowest BCUT2D eigenvalue weighted by Gasteiger charge is -2.13. The summed E-state index contributed by atoms with van der Waals surface area (Å²) in [5.41, 5.74) is 2.00. The SMILES string of the molecule is Cl.Clc1ccc(COc2ccc(Br)cc2CNCc2cccs2)c(Cl)c1. The number of thiophene rings is 1. The van der Waals surface area contributed by atoms with Gasteiger partial charge in [-0.05, 0) is 41.8 Å². The van der Waals surface area contributed by atoms with Crippen molar-refractivity contribution in [1.29, 1.82) is 0 Å². The van der Waals surface area contributed by atoms with Crippen LogP contribution in [0.1, 0.15) is 16.0 Å². The Morgan fingerprint density at radius 2 is 1.85 bits per heavy atom. The van der Waals surface area contributed by atoms with Gasteiger partial charge in [0.1, 0.15) is 12.4 Å². The van der Waals surface area contributed by atoms with Gasteiger partial charge in [0.05, 0.1) is 0 Å². The van der Waals surface area contributed by atoms with Crippen LogP contribution in [0.3, 0.4) is 0 Å². The summed E-state index contributed by atoms with van der Waals surface area (Å²) in [5, 5.41) is 6.77. The molecule has 1 aromatic heterocycles. The normalized spacial score (nSPS) is 10.4. The van der Waals surface area contributed by atoms with Crippen LogP contribution in [0.4, 0.5) is 0 Å². The quantitative estimate of drug-likeness (QED) is 0.379. The minimum Gasteiger partial charge on any atom is -0.489 e. The highest BCUT2D eigenvalue weighted by molar-refractivity contribution is 9.10. The van der Waals surface area contributed by atoms with E-state index in [1.54, 1.807) is 17.4 Å². The highest BCUT2D eigenvalue weighted by Crippen LogP contribution is 2.26. The maximum Gasteiger partial charge on any atom is 0.124 e. The van der Waals surface area contributed by atoms with Crippen molar-refractivity contribution in [2.24, 2.45) is 0 Å². The van der Waals surface area contributed by atoms with Crippen molar-refractivity contribution >= 4 is 62.9 Å². The Bertz CT molecular complexity index is 843. The summed E-state index contributed by atoms with van der Waals surface area (Å²) in [6.45, 7) is 1.96. The fourth-order valence-electron chi connectivity index (χ4n) is 2.35. The fourth-order valence-corrected chi connectivity index (χ4v) is 3.90. The third-order valence-electron chi connectivity index (χ3n) is 3.62. The standard InChI is InChI=1S/C19H16BrCl2NOS.ClH/c20-15-4-6-19(24-12-13-3-5-16(21)9-18(13)22)14(8-15)10-23-11-17-2-1-7-25-17;/h1-9,23H,10-12H2;1H. The number of hydrogen-bond acceptors (Lipinski definition) is 3. The predicted molar refractivity (Wildman–Crippen MR) is 117 cm³/mol. The minimum atomic E-state index is 0. The number of ether oxygens (including phenoxy) is 1. The summed E-state index contributed by atoms with van der Waals surface area (Å²) in [5.74, 6) is 0.841. The molecule has 0 saturated carbocycles. The molecule has 0 aliphatic heterocycles. The van der Waals surface area contributed by atoms with Gasteiger partial charge >= 0.3 is 0 Å². The van der Waals surface area contributed by atoms with Gasteiger partial charge in [0, 0.05) is 43.6 Å². The Kier molecular flexibility index (Phi) is 8.74. The average molecular weight is 494 g/mol. The molecule has 2 nitrogen and oxygen atoms in total. The predicted octanol–water partition coefficient (Wildman–Crippen LogP) is 7.11. The van der Waals surface area contributed by atoms with Gasteiger partial charge in [-0.25, -0.2) is 0 Å². The molecule has 1 N–H and O–H groups in total. The van der Waals surface area contributed by atoms with E-state index in [9.17, 15) is 0 Å². The van der Waals surface area contributed by atoms with Crippen LogP contribution in [0, 0.1) is 0 Å². The van der Waals surface area contributed by atoms with Crippen molar-refractivity contribution in [3.63, 3.8) is 0 Å². The molecule has 0 atom stereocenters. The monoisotopic (exact) mass is 491 g/mol. The van der Waals surface area contributed by atoms with E-state index in [-0.39, 0.29) is 12.4 Å². The summed E-state index contributed by atoms with van der Waals surface area (Å²) < 4.78 is 7.03. The molecular weight excluding hydrogens is 477 g/mol. The van der Waals surface area contributed by atoms with Crippen molar-refractivity contribution in [1.82, 2.24) is 5.32 Å². The lowest BCUT2D eigenvalue weighted by molar-refractivity contribution is 0.302. The van der Waals surface area contributed by atoms with E-state index in [1.807, 2.05) is 24.3 Å². The lowest BCUT2D eigenvalue weighted by Crippen LogP contribution is -2.13. The Balaban J connectivity index is 0.00000243. The summed E-state index contributed by atoms with van der Waals surface area (Å²) in [4.78, 5) is 1.31. The molecule has 0 aliphatic rings. The Morgan fingerprint density at radius 1 is 1.00 bits per heavy atom. The summed E-state index contributed by atoms with van der Waals surface area (Å²) >= 11 is 17.4. The van der Waals surface area contributed by atoms with E-state index >= 15 is 0 Å². The zero-order chi connectivity index (χ0) is 17.6. The largest absolute Gasteiger partial charge is 0.489 e. The third kappa shape index (κ3) is 6.15. The molecular formula is C19H17BrCl3NOS. The first-order valence-electron chi connectivity index (χ1n) is 7.70. The summed E-state index contributed by atoms with van der Waals surface area (Å²) in [6.07, 6.45) is 0. The van der Waals surface area contributed by atoms with Gasteiger partial charge in [0.25, 0.3) is 0 Å². The first-order chi connectivity index (χ1) is 12.1. The van der Waals surface area contributed by atoms with Crippen LogP contribution in [-0.4, -0.2) is 0 Å².